The molecule has 0 aliphatic carbocycles. The minimum Gasteiger partial charge on any atom is -0.374 e. The molecule has 0 radical (unpaired) electrons. The molecule has 1 atom stereocenters. The van der Waals surface area contributed by atoms with Crippen molar-refractivity contribution in [2.24, 2.45) is 0 Å². The van der Waals surface area contributed by atoms with Gasteiger partial charge >= 0.3 is 0 Å². The highest BCUT2D eigenvalue weighted by Crippen LogP contribution is 2.09. The van der Waals surface area contributed by atoms with E-state index < -0.39 is 0 Å². The molecule has 1 aromatic heterocycles. The van der Waals surface area contributed by atoms with Crippen LogP contribution in [-0.4, -0.2) is 53.8 Å². The molecule has 2 rings (SSSR count). The van der Waals surface area contributed by atoms with Crippen molar-refractivity contribution in [3.63, 3.8) is 0 Å². The summed E-state index contributed by atoms with van der Waals surface area (Å²) >= 11 is 0. The summed E-state index contributed by atoms with van der Waals surface area (Å²) in [6.45, 7) is 8.86. The minimum atomic E-state index is 0.241. The van der Waals surface area contributed by atoms with Gasteiger partial charge < -0.3 is 10.1 Å². The fourth-order valence-corrected chi connectivity index (χ4v) is 1.98. The second-order valence-electron chi connectivity index (χ2n) is 4.26. The van der Waals surface area contributed by atoms with Crippen LogP contribution in [0, 0.1) is 6.92 Å². The zero-order chi connectivity index (χ0) is 12.1. The summed E-state index contributed by atoms with van der Waals surface area (Å²) in [5.74, 6) is 0.852. The van der Waals surface area contributed by atoms with E-state index >= 15 is 0 Å². The molecule has 0 spiro atoms. The van der Waals surface area contributed by atoms with E-state index in [-0.39, 0.29) is 6.10 Å². The lowest BCUT2D eigenvalue weighted by atomic mass is 10.2. The lowest BCUT2D eigenvalue weighted by molar-refractivity contribution is -0.0192. The maximum Gasteiger partial charge on any atom is 0.147 e. The molecule has 0 amide bonds. The molecule has 1 aliphatic heterocycles. The zero-order valence-corrected chi connectivity index (χ0v) is 10.5. The molecule has 5 heteroatoms. The molecule has 1 saturated heterocycles. The van der Waals surface area contributed by atoms with Gasteiger partial charge in [0.25, 0.3) is 0 Å². The summed E-state index contributed by atoms with van der Waals surface area (Å²) in [7, 11) is 0. The molecule has 0 saturated carbocycles. The molecule has 1 unspecified atom stereocenters. The number of hydrogen-bond donors (Lipinski definition) is 1. The number of aryl methyl sites for hydroxylation is 1. The van der Waals surface area contributed by atoms with E-state index in [9.17, 15) is 0 Å². The third kappa shape index (κ3) is 3.38. The van der Waals surface area contributed by atoms with E-state index in [0.717, 1.165) is 44.3 Å². The van der Waals surface area contributed by atoms with Crippen LogP contribution in [0.1, 0.15) is 12.6 Å². The first-order valence-corrected chi connectivity index (χ1v) is 6.15. The third-order valence-corrected chi connectivity index (χ3v) is 3.05. The number of hydrogen-bond acceptors (Lipinski definition) is 5. The van der Waals surface area contributed by atoms with E-state index in [1.54, 1.807) is 12.4 Å². The highest BCUT2D eigenvalue weighted by Gasteiger charge is 2.19. The molecule has 5 nitrogen and oxygen atoms in total. The Morgan fingerprint density at radius 3 is 3.06 bits per heavy atom. The van der Waals surface area contributed by atoms with Crippen molar-refractivity contribution in [2.75, 3.05) is 38.1 Å². The summed E-state index contributed by atoms with van der Waals surface area (Å²) in [5.41, 5.74) is 0.927. The Morgan fingerprint density at radius 2 is 2.29 bits per heavy atom. The topological polar surface area (TPSA) is 50.3 Å². The fraction of sp³-hybridized carbons (Fsp3) is 0.667. The summed E-state index contributed by atoms with van der Waals surface area (Å²) in [4.78, 5) is 10.9. The Labute approximate surface area is 102 Å². The van der Waals surface area contributed by atoms with Gasteiger partial charge in [-0.05, 0) is 13.5 Å². The average Bonchev–Trinajstić information content (AvgIpc) is 2.38. The molecule has 0 bridgehead atoms. The molecule has 0 aromatic carbocycles. The van der Waals surface area contributed by atoms with Gasteiger partial charge in [-0.15, -0.1) is 0 Å². The van der Waals surface area contributed by atoms with E-state index in [1.807, 2.05) is 6.92 Å². The van der Waals surface area contributed by atoms with Crippen molar-refractivity contribution < 1.29 is 4.74 Å². The largest absolute Gasteiger partial charge is 0.374 e. The second kappa shape index (κ2) is 5.93. The van der Waals surface area contributed by atoms with Crippen molar-refractivity contribution in [3.05, 3.63) is 18.1 Å². The number of likely N-dealkylation sites (N-methyl/N-ethyl adjacent to an activating group) is 1. The molecule has 94 valence electrons. The summed E-state index contributed by atoms with van der Waals surface area (Å²) in [6, 6.07) is 0. The molecular weight excluding hydrogens is 216 g/mol. The van der Waals surface area contributed by atoms with Crippen LogP contribution >= 0.6 is 0 Å². The predicted octanol–water partition coefficient (Wildman–Crippen LogP) is 0.918. The van der Waals surface area contributed by atoms with Gasteiger partial charge in [0.05, 0.1) is 18.4 Å². The Morgan fingerprint density at radius 1 is 1.47 bits per heavy atom. The Hall–Kier alpha value is -1.20. The molecule has 1 aliphatic rings. The van der Waals surface area contributed by atoms with Gasteiger partial charge in [-0.3, -0.25) is 9.88 Å². The van der Waals surface area contributed by atoms with Crippen LogP contribution in [0.25, 0.3) is 0 Å². The summed E-state index contributed by atoms with van der Waals surface area (Å²) in [5, 5.41) is 3.30. The van der Waals surface area contributed by atoms with Gasteiger partial charge in [-0.2, -0.15) is 0 Å². The standard InChI is InChI=1S/C12H20N4O/c1-3-16-6-7-17-11(9-16)8-15-12-10(2)13-4-5-14-12/h4-5,11H,3,6-9H2,1-2H3,(H,14,15). The number of morpholine rings is 1. The van der Waals surface area contributed by atoms with E-state index in [4.69, 9.17) is 4.74 Å². The van der Waals surface area contributed by atoms with Gasteiger partial charge in [0, 0.05) is 32.0 Å². The third-order valence-electron chi connectivity index (χ3n) is 3.05. The van der Waals surface area contributed by atoms with Crippen molar-refractivity contribution in [2.45, 2.75) is 20.0 Å². The van der Waals surface area contributed by atoms with Crippen molar-refractivity contribution in [3.8, 4) is 0 Å². The van der Waals surface area contributed by atoms with Crippen LogP contribution in [0.5, 0.6) is 0 Å². The lowest BCUT2D eigenvalue weighted by Gasteiger charge is -2.32. The Bertz CT molecular complexity index is 358. The smallest absolute Gasteiger partial charge is 0.147 e. The maximum atomic E-state index is 5.72. The normalized spacial score (nSPS) is 21.4. The number of anilines is 1. The van der Waals surface area contributed by atoms with Crippen molar-refractivity contribution in [1.29, 1.82) is 0 Å². The minimum absolute atomic E-state index is 0.241. The number of nitrogens with one attached hydrogen (secondary N) is 1. The summed E-state index contributed by atoms with van der Waals surface area (Å²) in [6.07, 6.45) is 3.65. The van der Waals surface area contributed by atoms with Gasteiger partial charge in [0.2, 0.25) is 0 Å². The number of rotatable bonds is 4. The Kier molecular flexibility index (Phi) is 4.28. The molecule has 1 N–H and O–H groups in total. The molecule has 2 heterocycles. The monoisotopic (exact) mass is 236 g/mol. The average molecular weight is 236 g/mol. The highest BCUT2D eigenvalue weighted by atomic mass is 16.5. The first-order chi connectivity index (χ1) is 8.29. The van der Waals surface area contributed by atoms with Gasteiger partial charge in [0.1, 0.15) is 5.82 Å². The van der Waals surface area contributed by atoms with Crippen LogP contribution in [0.4, 0.5) is 5.82 Å². The maximum absolute atomic E-state index is 5.72. The van der Waals surface area contributed by atoms with Crippen LogP contribution in [0.2, 0.25) is 0 Å². The molecule has 17 heavy (non-hydrogen) atoms. The molecular formula is C12H20N4O. The fourth-order valence-electron chi connectivity index (χ4n) is 1.98. The van der Waals surface area contributed by atoms with Gasteiger partial charge in [-0.1, -0.05) is 6.92 Å². The van der Waals surface area contributed by atoms with Gasteiger partial charge in [0.15, 0.2) is 0 Å². The molecule has 1 aromatic rings. The quantitative estimate of drug-likeness (QED) is 0.842. The SMILES string of the molecule is CCN1CCOC(CNc2nccnc2C)C1. The molecule has 1 fully saturated rings. The lowest BCUT2D eigenvalue weighted by Crippen LogP contribution is -2.45. The highest BCUT2D eigenvalue weighted by molar-refractivity contribution is 5.38. The van der Waals surface area contributed by atoms with Gasteiger partial charge in [-0.25, -0.2) is 4.98 Å². The van der Waals surface area contributed by atoms with Crippen LogP contribution in [-0.2, 0) is 4.74 Å². The first-order valence-electron chi connectivity index (χ1n) is 6.15. The van der Waals surface area contributed by atoms with E-state index in [0.29, 0.717) is 0 Å². The summed E-state index contributed by atoms with van der Waals surface area (Å²) < 4.78 is 5.72. The van der Waals surface area contributed by atoms with Crippen LogP contribution in [0.3, 0.4) is 0 Å². The van der Waals surface area contributed by atoms with Crippen LogP contribution in [0.15, 0.2) is 12.4 Å². The number of aromatic nitrogens is 2. The zero-order valence-electron chi connectivity index (χ0n) is 10.5. The van der Waals surface area contributed by atoms with E-state index in [2.05, 4.69) is 27.1 Å². The van der Waals surface area contributed by atoms with Crippen LogP contribution < -0.4 is 5.32 Å². The Balaban J connectivity index is 1.84. The first kappa shape index (κ1) is 12.3. The van der Waals surface area contributed by atoms with Crippen molar-refractivity contribution >= 4 is 5.82 Å². The number of ether oxygens (including phenoxy) is 1. The second-order valence-corrected chi connectivity index (χ2v) is 4.26. The predicted molar refractivity (Wildman–Crippen MR) is 67.1 cm³/mol. The number of nitrogens with zero attached hydrogens (tertiary/aromatic N) is 3. The van der Waals surface area contributed by atoms with Crippen molar-refractivity contribution in [1.82, 2.24) is 14.9 Å². The van der Waals surface area contributed by atoms with E-state index in [1.165, 1.54) is 0 Å².